The van der Waals surface area contributed by atoms with Crippen molar-refractivity contribution in [3.8, 4) is 0 Å². The van der Waals surface area contributed by atoms with Crippen LogP contribution in [0.4, 0.5) is 0 Å². The average molecular weight is 314 g/mol. The largest absolute Gasteiger partial charge is 0.480 e. The molecule has 1 heterocycles. The Kier molecular flexibility index (Phi) is 6.66. The van der Waals surface area contributed by atoms with Crippen LogP contribution in [0.3, 0.4) is 0 Å². The van der Waals surface area contributed by atoms with E-state index in [-0.39, 0.29) is 5.92 Å². The first-order valence-corrected chi connectivity index (χ1v) is 8.55. The lowest BCUT2D eigenvalue weighted by Gasteiger charge is -2.40. The molecule has 1 fully saturated rings. The van der Waals surface area contributed by atoms with Crippen LogP contribution in [0.2, 0.25) is 6.32 Å². The Hall–Kier alpha value is -1.33. The van der Waals surface area contributed by atoms with Gasteiger partial charge in [-0.2, -0.15) is 0 Å². The van der Waals surface area contributed by atoms with E-state index in [1.54, 1.807) is 0 Å². The van der Waals surface area contributed by atoms with Gasteiger partial charge in [0.2, 0.25) is 0 Å². The lowest BCUT2D eigenvalue weighted by molar-refractivity contribution is -0.147. The van der Waals surface area contributed by atoms with Gasteiger partial charge in [-0.1, -0.05) is 49.5 Å². The van der Waals surface area contributed by atoms with Crippen LogP contribution >= 0.6 is 0 Å². The molecule has 4 nitrogen and oxygen atoms in total. The van der Waals surface area contributed by atoms with E-state index in [2.05, 4.69) is 29.2 Å². The van der Waals surface area contributed by atoms with Crippen LogP contribution in [0.15, 0.2) is 30.3 Å². The second-order valence-corrected chi connectivity index (χ2v) is 6.63. The Morgan fingerprint density at radius 2 is 1.91 bits per heavy atom. The Bertz CT molecular complexity index is 489. The highest BCUT2D eigenvalue weighted by molar-refractivity contribution is 6.08. The summed E-state index contributed by atoms with van der Waals surface area (Å²) in [5.74, 6) is -0.819. The third-order valence-corrected chi connectivity index (χ3v) is 5.01. The van der Waals surface area contributed by atoms with Gasteiger partial charge in [-0.25, -0.2) is 0 Å². The number of hydrogen-bond donors (Lipinski definition) is 2. The molecule has 0 saturated carbocycles. The van der Waals surface area contributed by atoms with E-state index in [1.807, 2.05) is 6.07 Å². The van der Waals surface area contributed by atoms with Gasteiger partial charge in [0.15, 0.2) is 0 Å². The molecule has 0 spiro atoms. The number of hydrogen-bond acceptors (Lipinski definition) is 3. The van der Waals surface area contributed by atoms with E-state index < -0.39 is 11.5 Å². The fraction of sp³-hybridized carbons (Fsp3) is 0.611. The normalized spacial score (nSPS) is 19.3. The summed E-state index contributed by atoms with van der Waals surface area (Å²) < 4.78 is 0. The maximum atomic E-state index is 11.7. The molecule has 0 aromatic heterocycles. The maximum absolute atomic E-state index is 11.7. The quantitative estimate of drug-likeness (QED) is 0.571. The summed E-state index contributed by atoms with van der Waals surface area (Å²) in [7, 11) is 5.51. The summed E-state index contributed by atoms with van der Waals surface area (Å²) >= 11 is 0. The van der Waals surface area contributed by atoms with Crippen LogP contribution in [-0.2, 0) is 11.3 Å². The minimum atomic E-state index is -1.10. The highest BCUT2D eigenvalue weighted by atomic mass is 16.4. The molecule has 23 heavy (non-hydrogen) atoms. The first-order chi connectivity index (χ1) is 11.1. The van der Waals surface area contributed by atoms with Crippen LogP contribution in [0.5, 0.6) is 0 Å². The molecular formula is C18H27BN2O2. The Labute approximate surface area is 140 Å². The minimum Gasteiger partial charge on any atom is -0.480 e. The number of carboxylic acids is 1. The highest BCUT2D eigenvalue weighted by Crippen LogP contribution is 2.31. The number of nitrogens with zero attached hydrogens (tertiary/aromatic N) is 1. The van der Waals surface area contributed by atoms with Crippen LogP contribution in [-0.4, -0.2) is 42.5 Å². The van der Waals surface area contributed by atoms with Gasteiger partial charge in [-0.15, -0.1) is 0 Å². The molecule has 0 bridgehead atoms. The number of benzene rings is 1. The number of nitrogens with two attached hydrogens (primary N) is 1. The van der Waals surface area contributed by atoms with Gasteiger partial charge in [-0.05, 0) is 43.8 Å². The standard InChI is InChI=1S/C18H27BN2O2/c19-11-5-4-10-18(20,17(22)23)16-8-12-21(13-9-16)14-15-6-2-1-3-7-15/h1-3,6-7,16H,4-5,8-14,20H2,(H,22,23)/t18-/m1/s1. The zero-order valence-electron chi connectivity index (χ0n) is 13.8. The molecule has 1 aliphatic rings. The summed E-state index contributed by atoms with van der Waals surface area (Å²) in [6.07, 6.45) is 4.41. The zero-order chi connectivity index (χ0) is 16.7. The molecule has 0 aliphatic carbocycles. The topological polar surface area (TPSA) is 66.6 Å². The minimum absolute atomic E-state index is 0.0461. The Morgan fingerprint density at radius 1 is 1.26 bits per heavy atom. The number of carboxylic acid groups (broad SMARTS) is 1. The van der Waals surface area contributed by atoms with E-state index in [4.69, 9.17) is 13.6 Å². The molecule has 0 unspecified atom stereocenters. The predicted molar refractivity (Wildman–Crippen MR) is 93.4 cm³/mol. The third kappa shape index (κ3) is 4.82. The van der Waals surface area contributed by atoms with E-state index >= 15 is 0 Å². The number of carbonyl (C=O) groups is 1. The van der Waals surface area contributed by atoms with E-state index in [0.29, 0.717) is 12.7 Å². The summed E-state index contributed by atoms with van der Waals surface area (Å²) in [5.41, 5.74) is 6.49. The molecule has 5 heteroatoms. The Balaban J connectivity index is 1.89. The van der Waals surface area contributed by atoms with Gasteiger partial charge in [0.05, 0.1) is 7.85 Å². The lowest BCUT2D eigenvalue weighted by Crippen LogP contribution is -2.56. The van der Waals surface area contributed by atoms with Crippen molar-refractivity contribution in [2.24, 2.45) is 11.7 Å². The van der Waals surface area contributed by atoms with Gasteiger partial charge in [0.1, 0.15) is 5.54 Å². The molecular weight excluding hydrogens is 287 g/mol. The molecule has 3 N–H and O–H groups in total. The molecule has 1 aromatic rings. The summed E-state index contributed by atoms with van der Waals surface area (Å²) in [5, 5.41) is 9.62. The van der Waals surface area contributed by atoms with Crippen LogP contribution < -0.4 is 5.73 Å². The molecule has 2 rings (SSSR count). The molecule has 1 aromatic carbocycles. The molecule has 1 saturated heterocycles. The van der Waals surface area contributed by atoms with E-state index in [1.165, 1.54) is 5.56 Å². The number of unbranched alkanes of at least 4 members (excludes halogenated alkanes) is 1. The van der Waals surface area contributed by atoms with Gasteiger partial charge < -0.3 is 10.8 Å². The Morgan fingerprint density at radius 3 is 2.48 bits per heavy atom. The molecule has 2 radical (unpaired) electrons. The van der Waals surface area contributed by atoms with Gasteiger partial charge in [0.25, 0.3) is 0 Å². The van der Waals surface area contributed by atoms with Crippen molar-refractivity contribution in [1.82, 2.24) is 4.90 Å². The van der Waals surface area contributed by atoms with Crippen molar-refractivity contribution in [3.63, 3.8) is 0 Å². The van der Waals surface area contributed by atoms with Crippen molar-refractivity contribution >= 4 is 13.8 Å². The number of likely N-dealkylation sites (tertiary alicyclic amines) is 1. The highest BCUT2D eigenvalue weighted by Gasteiger charge is 2.42. The SMILES string of the molecule is [B]CCCC[C@](N)(C(=O)O)C1CCN(Cc2ccccc2)CC1. The van der Waals surface area contributed by atoms with Crippen LogP contribution in [0.25, 0.3) is 0 Å². The van der Waals surface area contributed by atoms with E-state index in [0.717, 1.165) is 45.3 Å². The molecule has 1 aliphatic heterocycles. The second kappa shape index (κ2) is 8.51. The summed E-state index contributed by atoms with van der Waals surface area (Å²) in [6.45, 7) is 2.73. The molecule has 1 atom stereocenters. The zero-order valence-corrected chi connectivity index (χ0v) is 13.8. The van der Waals surface area contributed by atoms with Crippen molar-refractivity contribution in [3.05, 3.63) is 35.9 Å². The van der Waals surface area contributed by atoms with Crippen LogP contribution in [0.1, 0.15) is 37.7 Å². The number of piperidine rings is 1. The van der Waals surface area contributed by atoms with Crippen molar-refractivity contribution in [2.45, 2.75) is 50.5 Å². The lowest BCUT2D eigenvalue weighted by atomic mass is 9.75. The summed E-state index contributed by atoms with van der Waals surface area (Å²) in [6, 6.07) is 10.4. The smallest absolute Gasteiger partial charge is 0.323 e. The fourth-order valence-electron chi connectivity index (χ4n) is 3.50. The maximum Gasteiger partial charge on any atom is 0.323 e. The first kappa shape index (κ1) is 18.0. The fourth-order valence-corrected chi connectivity index (χ4v) is 3.50. The van der Waals surface area contributed by atoms with E-state index in [9.17, 15) is 9.90 Å². The van der Waals surface area contributed by atoms with Gasteiger partial charge in [0, 0.05) is 6.54 Å². The first-order valence-electron chi connectivity index (χ1n) is 8.55. The summed E-state index contributed by atoms with van der Waals surface area (Å²) in [4.78, 5) is 14.1. The molecule has 0 amide bonds. The van der Waals surface area contributed by atoms with Crippen molar-refractivity contribution < 1.29 is 9.90 Å². The number of rotatable bonds is 8. The van der Waals surface area contributed by atoms with Crippen molar-refractivity contribution in [2.75, 3.05) is 13.1 Å². The van der Waals surface area contributed by atoms with Crippen LogP contribution in [0, 0.1) is 5.92 Å². The monoisotopic (exact) mass is 314 g/mol. The predicted octanol–water partition coefficient (Wildman–Crippen LogP) is 2.44. The van der Waals surface area contributed by atoms with Crippen molar-refractivity contribution in [1.29, 1.82) is 0 Å². The average Bonchev–Trinajstić information content (AvgIpc) is 2.56. The second-order valence-electron chi connectivity index (χ2n) is 6.63. The number of aliphatic carboxylic acids is 1. The third-order valence-electron chi connectivity index (χ3n) is 5.01. The van der Waals surface area contributed by atoms with Gasteiger partial charge >= 0.3 is 5.97 Å². The van der Waals surface area contributed by atoms with Gasteiger partial charge in [-0.3, -0.25) is 9.69 Å². The molecule has 124 valence electrons.